The lowest BCUT2D eigenvalue weighted by Gasteiger charge is -2.29. The molecule has 2 aliphatic rings. The fourth-order valence-electron chi connectivity index (χ4n) is 3.07. The van der Waals surface area contributed by atoms with Gasteiger partial charge in [-0.15, -0.1) is 0 Å². The number of hydrogen-bond acceptors (Lipinski definition) is 3. The molecule has 0 aromatic carbocycles. The molecule has 0 aromatic heterocycles. The molecule has 0 spiro atoms. The van der Waals surface area contributed by atoms with Crippen molar-refractivity contribution in [2.75, 3.05) is 33.3 Å². The molecule has 3 nitrogen and oxygen atoms in total. The number of rotatable bonds is 6. The summed E-state index contributed by atoms with van der Waals surface area (Å²) in [5.74, 6) is 0. The largest absolute Gasteiger partial charge is 0.378 e. The summed E-state index contributed by atoms with van der Waals surface area (Å²) in [6, 6.07) is 0.746. The van der Waals surface area contributed by atoms with Gasteiger partial charge in [-0.05, 0) is 58.8 Å². The molecule has 0 atom stereocenters. The van der Waals surface area contributed by atoms with Crippen molar-refractivity contribution in [2.45, 2.75) is 63.5 Å². The lowest BCUT2D eigenvalue weighted by atomic mass is 9.98. The van der Waals surface area contributed by atoms with Crippen LogP contribution in [0.15, 0.2) is 0 Å². The first-order valence-electron chi connectivity index (χ1n) is 7.88. The van der Waals surface area contributed by atoms with E-state index in [1.54, 1.807) is 0 Å². The topological polar surface area (TPSA) is 24.5 Å². The van der Waals surface area contributed by atoms with Gasteiger partial charge >= 0.3 is 0 Å². The molecule has 2 rings (SSSR count). The highest BCUT2D eigenvalue weighted by molar-refractivity contribution is 4.75. The first-order chi connectivity index (χ1) is 8.84. The molecule has 18 heavy (non-hydrogen) atoms. The quantitative estimate of drug-likeness (QED) is 0.737. The number of nitrogens with zero attached hydrogens (tertiary/aromatic N) is 1. The van der Waals surface area contributed by atoms with Gasteiger partial charge in [0.1, 0.15) is 0 Å². The van der Waals surface area contributed by atoms with Crippen molar-refractivity contribution in [1.29, 1.82) is 0 Å². The average Bonchev–Trinajstić information content (AvgIpc) is 2.42. The Bertz CT molecular complexity index is 209. The van der Waals surface area contributed by atoms with Crippen LogP contribution < -0.4 is 5.32 Å². The van der Waals surface area contributed by atoms with Crippen LogP contribution in [0.25, 0.3) is 0 Å². The molecule has 3 heteroatoms. The lowest BCUT2D eigenvalue weighted by molar-refractivity contribution is 0.0269. The van der Waals surface area contributed by atoms with Crippen molar-refractivity contribution in [1.82, 2.24) is 10.2 Å². The Hall–Kier alpha value is -0.120. The van der Waals surface area contributed by atoms with Gasteiger partial charge in [-0.2, -0.15) is 0 Å². The lowest BCUT2D eigenvalue weighted by Crippen LogP contribution is -2.41. The van der Waals surface area contributed by atoms with E-state index in [1.807, 2.05) is 0 Å². The van der Waals surface area contributed by atoms with Gasteiger partial charge in [0.15, 0.2) is 0 Å². The molecule has 1 saturated carbocycles. The standard InChI is InChI=1S/C15H30N2O/c1-17-11-8-14(9-12-17)16-10-5-13-18-15-6-3-2-4-7-15/h14-16H,2-13H2,1H3. The summed E-state index contributed by atoms with van der Waals surface area (Å²) in [6.45, 7) is 4.57. The minimum Gasteiger partial charge on any atom is -0.378 e. The maximum absolute atomic E-state index is 5.94. The third kappa shape index (κ3) is 5.25. The van der Waals surface area contributed by atoms with E-state index in [-0.39, 0.29) is 0 Å². The summed E-state index contributed by atoms with van der Waals surface area (Å²) < 4.78 is 5.94. The monoisotopic (exact) mass is 254 g/mol. The summed E-state index contributed by atoms with van der Waals surface area (Å²) in [5.41, 5.74) is 0. The third-order valence-corrected chi connectivity index (χ3v) is 4.38. The number of nitrogens with one attached hydrogen (secondary N) is 1. The Morgan fingerprint density at radius 1 is 1.06 bits per heavy atom. The van der Waals surface area contributed by atoms with E-state index >= 15 is 0 Å². The molecule has 1 N–H and O–H groups in total. The molecule has 0 amide bonds. The van der Waals surface area contributed by atoms with E-state index in [9.17, 15) is 0 Å². The molecule has 1 aliphatic carbocycles. The first-order valence-corrected chi connectivity index (χ1v) is 7.88. The van der Waals surface area contributed by atoms with E-state index in [4.69, 9.17) is 4.74 Å². The van der Waals surface area contributed by atoms with Gasteiger partial charge < -0.3 is 15.0 Å². The summed E-state index contributed by atoms with van der Waals surface area (Å²) in [6.07, 6.45) is 11.1. The van der Waals surface area contributed by atoms with Crippen LogP contribution >= 0.6 is 0 Å². The maximum Gasteiger partial charge on any atom is 0.0575 e. The smallest absolute Gasteiger partial charge is 0.0575 e. The van der Waals surface area contributed by atoms with Crippen LogP contribution in [-0.4, -0.2) is 50.3 Å². The molecular formula is C15H30N2O. The molecule has 0 aromatic rings. The van der Waals surface area contributed by atoms with Gasteiger partial charge in [0.05, 0.1) is 6.10 Å². The molecule has 0 radical (unpaired) electrons. The summed E-state index contributed by atoms with van der Waals surface area (Å²) in [7, 11) is 2.22. The minimum absolute atomic E-state index is 0.571. The van der Waals surface area contributed by atoms with Crippen LogP contribution in [0.4, 0.5) is 0 Å². The zero-order valence-corrected chi connectivity index (χ0v) is 12.0. The van der Waals surface area contributed by atoms with Gasteiger partial charge in [0.2, 0.25) is 0 Å². The van der Waals surface area contributed by atoms with Crippen molar-refractivity contribution in [2.24, 2.45) is 0 Å². The zero-order chi connectivity index (χ0) is 12.6. The molecule has 0 bridgehead atoms. The maximum atomic E-state index is 5.94. The second-order valence-corrected chi connectivity index (χ2v) is 6.02. The average molecular weight is 254 g/mol. The SMILES string of the molecule is CN1CCC(NCCCOC2CCCCC2)CC1. The molecule has 0 unspecified atom stereocenters. The van der Waals surface area contributed by atoms with Crippen molar-refractivity contribution in [3.8, 4) is 0 Å². The van der Waals surface area contributed by atoms with E-state index in [0.717, 1.165) is 19.2 Å². The molecule has 1 saturated heterocycles. The number of piperidine rings is 1. The van der Waals surface area contributed by atoms with Crippen LogP contribution in [-0.2, 0) is 4.74 Å². The van der Waals surface area contributed by atoms with Crippen LogP contribution in [0.3, 0.4) is 0 Å². The fourth-order valence-corrected chi connectivity index (χ4v) is 3.07. The predicted molar refractivity (Wildman–Crippen MR) is 76.0 cm³/mol. The Morgan fingerprint density at radius 3 is 2.50 bits per heavy atom. The van der Waals surface area contributed by atoms with E-state index in [2.05, 4.69) is 17.3 Å². The van der Waals surface area contributed by atoms with Crippen molar-refractivity contribution in [3.05, 3.63) is 0 Å². The van der Waals surface area contributed by atoms with Crippen LogP contribution in [0.2, 0.25) is 0 Å². The number of hydrogen-bond donors (Lipinski definition) is 1. The Labute approximate surface area is 112 Å². The molecular weight excluding hydrogens is 224 g/mol. The number of likely N-dealkylation sites (tertiary alicyclic amines) is 1. The van der Waals surface area contributed by atoms with Crippen molar-refractivity contribution < 1.29 is 4.74 Å². The second kappa shape index (κ2) is 8.13. The normalized spacial score (nSPS) is 24.5. The molecule has 2 fully saturated rings. The molecule has 106 valence electrons. The van der Waals surface area contributed by atoms with E-state index < -0.39 is 0 Å². The highest BCUT2D eigenvalue weighted by atomic mass is 16.5. The second-order valence-electron chi connectivity index (χ2n) is 6.02. The van der Waals surface area contributed by atoms with E-state index in [0.29, 0.717) is 6.10 Å². The Morgan fingerprint density at radius 2 is 1.78 bits per heavy atom. The van der Waals surface area contributed by atoms with Gasteiger partial charge in [-0.25, -0.2) is 0 Å². The highest BCUT2D eigenvalue weighted by Gasteiger charge is 2.16. The van der Waals surface area contributed by atoms with Gasteiger partial charge in [0, 0.05) is 12.6 Å². The third-order valence-electron chi connectivity index (χ3n) is 4.38. The summed E-state index contributed by atoms with van der Waals surface area (Å²) >= 11 is 0. The molecule has 1 heterocycles. The summed E-state index contributed by atoms with van der Waals surface area (Å²) in [5, 5.41) is 3.67. The van der Waals surface area contributed by atoms with Crippen LogP contribution in [0.5, 0.6) is 0 Å². The van der Waals surface area contributed by atoms with Gasteiger partial charge in [0.25, 0.3) is 0 Å². The van der Waals surface area contributed by atoms with Crippen molar-refractivity contribution >= 4 is 0 Å². The highest BCUT2D eigenvalue weighted by Crippen LogP contribution is 2.20. The Balaban J connectivity index is 1.43. The van der Waals surface area contributed by atoms with Crippen molar-refractivity contribution in [3.63, 3.8) is 0 Å². The van der Waals surface area contributed by atoms with Gasteiger partial charge in [-0.3, -0.25) is 0 Å². The number of ether oxygens (including phenoxy) is 1. The Kier molecular flexibility index (Phi) is 6.46. The summed E-state index contributed by atoms with van der Waals surface area (Å²) in [4.78, 5) is 2.42. The van der Waals surface area contributed by atoms with E-state index in [1.165, 1.54) is 64.5 Å². The zero-order valence-electron chi connectivity index (χ0n) is 12.0. The predicted octanol–water partition coefficient (Wildman–Crippen LogP) is 2.41. The van der Waals surface area contributed by atoms with Gasteiger partial charge in [-0.1, -0.05) is 19.3 Å². The first kappa shape index (κ1) is 14.3. The minimum atomic E-state index is 0.571. The fraction of sp³-hybridized carbons (Fsp3) is 1.00. The molecule has 1 aliphatic heterocycles. The van der Waals surface area contributed by atoms with Crippen LogP contribution in [0, 0.1) is 0 Å². The van der Waals surface area contributed by atoms with Crippen LogP contribution in [0.1, 0.15) is 51.4 Å².